The molecule has 2 fully saturated rings. The van der Waals surface area contributed by atoms with Gasteiger partial charge in [0.05, 0.1) is 10.6 Å². The van der Waals surface area contributed by atoms with Gasteiger partial charge in [-0.05, 0) is 44.2 Å². The number of carbonyl (C=O) groups is 1. The fraction of sp³-hybridized carbons (Fsp3) is 0.684. The molecule has 1 aromatic rings. The second-order valence-electron chi connectivity index (χ2n) is 7.10. The molecule has 0 spiro atoms. The molecule has 0 unspecified atom stereocenters. The Morgan fingerprint density at radius 2 is 1.88 bits per heavy atom. The van der Waals surface area contributed by atoms with Crippen LogP contribution in [0.1, 0.15) is 36.5 Å². The number of nitrogens with zero attached hydrogens (tertiary/aromatic N) is 4. The maximum atomic E-state index is 12.7. The SMILES string of the molecule is CCCSc1ccc(C(=O)N2CCC(N3CCN(C)CC3)CC2)cn1. The van der Waals surface area contributed by atoms with Gasteiger partial charge in [0.2, 0.25) is 0 Å². The van der Waals surface area contributed by atoms with Gasteiger partial charge in [0.1, 0.15) is 0 Å². The number of piperidine rings is 1. The predicted octanol–water partition coefficient (Wildman–Crippen LogP) is 2.44. The Morgan fingerprint density at radius 1 is 1.16 bits per heavy atom. The van der Waals surface area contributed by atoms with Crippen LogP contribution in [0.4, 0.5) is 0 Å². The van der Waals surface area contributed by atoms with E-state index in [1.54, 1.807) is 18.0 Å². The molecule has 0 aliphatic carbocycles. The van der Waals surface area contributed by atoms with Crippen LogP contribution in [0.25, 0.3) is 0 Å². The zero-order chi connectivity index (χ0) is 17.6. The normalized spacial score (nSPS) is 20.8. The summed E-state index contributed by atoms with van der Waals surface area (Å²) in [4.78, 5) is 24.2. The van der Waals surface area contributed by atoms with E-state index in [0.717, 1.165) is 74.9 Å². The van der Waals surface area contributed by atoms with Gasteiger partial charge in [-0.25, -0.2) is 4.98 Å². The molecule has 6 heteroatoms. The second kappa shape index (κ2) is 9.01. The number of carbonyl (C=O) groups excluding carboxylic acids is 1. The Morgan fingerprint density at radius 3 is 2.48 bits per heavy atom. The molecule has 2 aliphatic rings. The number of pyridine rings is 1. The fourth-order valence-corrected chi connectivity index (χ4v) is 4.31. The summed E-state index contributed by atoms with van der Waals surface area (Å²) in [5.74, 6) is 1.21. The number of likely N-dealkylation sites (N-methyl/N-ethyl adjacent to an activating group) is 1. The Balaban J connectivity index is 1.49. The molecule has 138 valence electrons. The molecule has 0 bridgehead atoms. The van der Waals surface area contributed by atoms with Gasteiger partial charge in [0.25, 0.3) is 5.91 Å². The molecule has 3 heterocycles. The van der Waals surface area contributed by atoms with Crippen LogP contribution in [-0.2, 0) is 0 Å². The standard InChI is InChI=1S/C19H30N4OS/c1-3-14-25-18-5-4-16(15-20-18)19(24)23-8-6-17(7-9-23)22-12-10-21(2)11-13-22/h4-5,15,17H,3,6-14H2,1-2H3. The molecule has 0 N–H and O–H groups in total. The van der Waals surface area contributed by atoms with E-state index >= 15 is 0 Å². The minimum absolute atomic E-state index is 0.136. The Hall–Kier alpha value is -1.11. The van der Waals surface area contributed by atoms with Crippen LogP contribution in [0.2, 0.25) is 0 Å². The van der Waals surface area contributed by atoms with Crippen LogP contribution in [0.5, 0.6) is 0 Å². The van der Waals surface area contributed by atoms with Gasteiger partial charge < -0.3 is 9.80 Å². The largest absolute Gasteiger partial charge is 0.338 e. The summed E-state index contributed by atoms with van der Waals surface area (Å²) >= 11 is 1.75. The van der Waals surface area contributed by atoms with Crippen molar-refractivity contribution in [2.75, 3.05) is 52.1 Å². The highest BCUT2D eigenvalue weighted by Crippen LogP contribution is 2.21. The zero-order valence-electron chi connectivity index (χ0n) is 15.5. The summed E-state index contributed by atoms with van der Waals surface area (Å²) in [6.07, 6.45) is 5.06. The number of likely N-dealkylation sites (tertiary alicyclic amines) is 1. The number of rotatable bonds is 5. The summed E-state index contributed by atoms with van der Waals surface area (Å²) in [5, 5.41) is 1.01. The van der Waals surface area contributed by atoms with Gasteiger partial charge in [-0.15, -0.1) is 11.8 Å². The fourth-order valence-electron chi connectivity index (χ4n) is 3.60. The average Bonchev–Trinajstić information content (AvgIpc) is 2.67. The van der Waals surface area contributed by atoms with Gasteiger partial charge >= 0.3 is 0 Å². The van der Waals surface area contributed by atoms with Crippen molar-refractivity contribution in [1.29, 1.82) is 0 Å². The van der Waals surface area contributed by atoms with E-state index < -0.39 is 0 Å². The number of piperazine rings is 1. The van der Waals surface area contributed by atoms with Gasteiger partial charge in [-0.1, -0.05) is 6.92 Å². The molecule has 5 nitrogen and oxygen atoms in total. The molecule has 2 aliphatic heterocycles. The first-order valence-electron chi connectivity index (χ1n) is 9.48. The van der Waals surface area contributed by atoms with E-state index in [0.29, 0.717) is 6.04 Å². The minimum atomic E-state index is 0.136. The minimum Gasteiger partial charge on any atom is -0.338 e. The Bertz CT molecular complexity index is 549. The molecule has 0 radical (unpaired) electrons. The van der Waals surface area contributed by atoms with Crippen molar-refractivity contribution in [3.8, 4) is 0 Å². The smallest absolute Gasteiger partial charge is 0.255 e. The molecule has 2 saturated heterocycles. The third kappa shape index (κ3) is 4.96. The predicted molar refractivity (Wildman–Crippen MR) is 103 cm³/mol. The van der Waals surface area contributed by atoms with Crippen molar-refractivity contribution in [3.63, 3.8) is 0 Å². The second-order valence-corrected chi connectivity index (χ2v) is 8.21. The van der Waals surface area contributed by atoms with E-state index in [1.807, 2.05) is 17.0 Å². The van der Waals surface area contributed by atoms with Gasteiger partial charge in [0, 0.05) is 51.5 Å². The topological polar surface area (TPSA) is 39.7 Å². The maximum Gasteiger partial charge on any atom is 0.255 e. The first-order chi connectivity index (χ1) is 12.2. The molecule has 1 amide bonds. The molecule has 1 aromatic heterocycles. The van der Waals surface area contributed by atoms with Crippen LogP contribution >= 0.6 is 11.8 Å². The third-order valence-electron chi connectivity index (χ3n) is 5.24. The van der Waals surface area contributed by atoms with Crippen LogP contribution in [0, 0.1) is 0 Å². The molecule has 0 atom stereocenters. The van der Waals surface area contributed by atoms with E-state index in [-0.39, 0.29) is 5.91 Å². The van der Waals surface area contributed by atoms with Crippen molar-refractivity contribution in [3.05, 3.63) is 23.9 Å². The number of aromatic nitrogens is 1. The number of hydrogen-bond donors (Lipinski definition) is 0. The number of thioether (sulfide) groups is 1. The number of amides is 1. The van der Waals surface area contributed by atoms with Crippen molar-refractivity contribution in [2.45, 2.75) is 37.3 Å². The molecule has 3 rings (SSSR count). The molecular formula is C19H30N4OS. The molecule has 0 saturated carbocycles. The lowest BCUT2D eigenvalue weighted by atomic mass is 10.0. The van der Waals surface area contributed by atoms with Gasteiger partial charge in [-0.3, -0.25) is 9.69 Å². The number of hydrogen-bond acceptors (Lipinski definition) is 5. The van der Waals surface area contributed by atoms with Crippen LogP contribution < -0.4 is 0 Å². The van der Waals surface area contributed by atoms with Crippen molar-refractivity contribution >= 4 is 17.7 Å². The molecule has 25 heavy (non-hydrogen) atoms. The lowest BCUT2D eigenvalue weighted by Gasteiger charge is -2.42. The van der Waals surface area contributed by atoms with E-state index in [4.69, 9.17) is 0 Å². The highest BCUT2D eigenvalue weighted by atomic mass is 32.2. The summed E-state index contributed by atoms with van der Waals surface area (Å²) in [5.41, 5.74) is 0.721. The van der Waals surface area contributed by atoms with E-state index in [2.05, 4.69) is 28.8 Å². The van der Waals surface area contributed by atoms with Crippen LogP contribution in [0.3, 0.4) is 0 Å². The van der Waals surface area contributed by atoms with Crippen molar-refractivity contribution < 1.29 is 4.79 Å². The van der Waals surface area contributed by atoms with Crippen molar-refractivity contribution in [2.24, 2.45) is 0 Å². The highest BCUT2D eigenvalue weighted by Gasteiger charge is 2.28. The Kier molecular flexibility index (Phi) is 6.73. The lowest BCUT2D eigenvalue weighted by molar-refractivity contribution is 0.0518. The quantitative estimate of drug-likeness (QED) is 0.753. The zero-order valence-corrected chi connectivity index (χ0v) is 16.3. The van der Waals surface area contributed by atoms with Crippen molar-refractivity contribution in [1.82, 2.24) is 19.7 Å². The maximum absolute atomic E-state index is 12.7. The average molecular weight is 363 g/mol. The first-order valence-corrected chi connectivity index (χ1v) is 10.5. The summed E-state index contributed by atoms with van der Waals surface area (Å²) < 4.78 is 0. The van der Waals surface area contributed by atoms with Crippen LogP contribution in [0.15, 0.2) is 23.4 Å². The van der Waals surface area contributed by atoms with E-state index in [1.165, 1.54) is 0 Å². The molecular weight excluding hydrogens is 332 g/mol. The Labute approximate surface area is 155 Å². The monoisotopic (exact) mass is 362 g/mol. The third-order valence-corrected chi connectivity index (χ3v) is 6.39. The summed E-state index contributed by atoms with van der Waals surface area (Å²) in [6.45, 7) is 8.53. The van der Waals surface area contributed by atoms with Gasteiger partial charge in [0.15, 0.2) is 0 Å². The molecule has 0 aromatic carbocycles. The summed E-state index contributed by atoms with van der Waals surface area (Å²) in [7, 11) is 2.19. The van der Waals surface area contributed by atoms with Gasteiger partial charge in [-0.2, -0.15) is 0 Å². The summed E-state index contributed by atoms with van der Waals surface area (Å²) in [6, 6.07) is 4.55. The van der Waals surface area contributed by atoms with Crippen LogP contribution in [-0.4, -0.2) is 83.7 Å². The first kappa shape index (κ1) is 18.7. The highest BCUT2D eigenvalue weighted by molar-refractivity contribution is 7.99. The lowest BCUT2D eigenvalue weighted by Crippen LogP contribution is -2.52. The van der Waals surface area contributed by atoms with E-state index in [9.17, 15) is 4.79 Å².